The van der Waals surface area contributed by atoms with Crippen molar-refractivity contribution in [1.82, 2.24) is 15.3 Å². The van der Waals surface area contributed by atoms with Crippen molar-refractivity contribution in [2.24, 2.45) is 11.8 Å². The van der Waals surface area contributed by atoms with Crippen LogP contribution in [0.15, 0.2) is 10.9 Å². The highest BCUT2D eigenvalue weighted by Crippen LogP contribution is 2.43. The summed E-state index contributed by atoms with van der Waals surface area (Å²) in [5.74, 6) is 3.59. The van der Waals surface area contributed by atoms with Gasteiger partial charge in [-0.3, -0.25) is 4.79 Å². The first-order valence-corrected chi connectivity index (χ1v) is 6.40. The van der Waals surface area contributed by atoms with E-state index < -0.39 is 0 Å². The predicted octanol–water partition coefficient (Wildman–Crippen LogP) is 0.277. The molecule has 5 heteroatoms. The number of anilines is 1. The first-order valence-electron chi connectivity index (χ1n) is 6.40. The molecule has 3 aliphatic rings. The minimum atomic E-state index is -0.0339. The molecule has 3 fully saturated rings. The van der Waals surface area contributed by atoms with Gasteiger partial charge in [0.2, 0.25) is 0 Å². The highest BCUT2D eigenvalue weighted by molar-refractivity contribution is 5.39. The molecule has 1 aromatic rings. The van der Waals surface area contributed by atoms with E-state index in [2.05, 4.69) is 20.6 Å². The van der Waals surface area contributed by atoms with Crippen molar-refractivity contribution in [3.8, 4) is 0 Å². The van der Waals surface area contributed by atoms with Crippen LogP contribution in [0, 0.1) is 11.8 Å². The molecule has 2 heterocycles. The van der Waals surface area contributed by atoms with Crippen molar-refractivity contribution in [1.29, 1.82) is 0 Å². The fraction of sp³-hybridized carbons (Fsp3) is 0.667. The van der Waals surface area contributed by atoms with Crippen molar-refractivity contribution in [3.05, 3.63) is 22.2 Å². The van der Waals surface area contributed by atoms with Crippen molar-refractivity contribution < 1.29 is 0 Å². The second-order valence-electron chi connectivity index (χ2n) is 5.45. The van der Waals surface area contributed by atoms with Crippen molar-refractivity contribution in [2.45, 2.75) is 24.8 Å². The van der Waals surface area contributed by atoms with E-state index in [1.54, 1.807) is 6.07 Å². The minimum Gasteiger partial charge on any atom is -0.366 e. The summed E-state index contributed by atoms with van der Waals surface area (Å²) in [5.41, 5.74) is -0.0339. The molecule has 0 spiro atoms. The normalized spacial score (nSPS) is 34.5. The molecule has 4 rings (SSSR count). The second kappa shape index (κ2) is 3.32. The molecule has 2 atom stereocenters. The number of aromatic amines is 1. The van der Waals surface area contributed by atoms with Gasteiger partial charge in [-0.1, -0.05) is 0 Å². The quantitative estimate of drug-likeness (QED) is 0.700. The molecule has 5 nitrogen and oxygen atoms in total. The average molecular weight is 232 g/mol. The van der Waals surface area contributed by atoms with Crippen molar-refractivity contribution in [2.75, 3.05) is 18.4 Å². The van der Waals surface area contributed by atoms with Gasteiger partial charge in [0.25, 0.3) is 5.56 Å². The fourth-order valence-electron chi connectivity index (χ4n) is 2.90. The highest BCUT2D eigenvalue weighted by atomic mass is 16.1. The number of nitrogens with one attached hydrogen (secondary N) is 3. The molecule has 0 radical (unpaired) electrons. The Kier molecular flexibility index (Phi) is 1.88. The molecule has 2 aliphatic carbocycles. The molecule has 0 bridgehead atoms. The van der Waals surface area contributed by atoms with Gasteiger partial charge in [-0.05, 0) is 24.7 Å². The maximum Gasteiger partial charge on any atom is 0.252 e. The van der Waals surface area contributed by atoms with E-state index in [1.807, 2.05) is 0 Å². The Hall–Kier alpha value is -1.36. The van der Waals surface area contributed by atoms with E-state index in [4.69, 9.17) is 0 Å². The molecule has 17 heavy (non-hydrogen) atoms. The molecule has 0 aromatic carbocycles. The van der Waals surface area contributed by atoms with Gasteiger partial charge in [0.1, 0.15) is 11.6 Å². The number of rotatable bonds is 3. The zero-order valence-corrected chi connectivity index (χ0v) is 9.57. The van der Waals surface area contributed by atoms with Crippen molar-refractivity contribution >= 4 is 5.82 Å². The van der Waals surface area contributed by atoms with Gasteiger partial charge >= 0.3 is 0 Å². The Morgan fingerprint density at radius 1 is 1.29 bits per heavy atom. The van der Waals surface area contributed by atoms with E-state index in [0.29, 0.717) is 12.0 Å². The van der Waals surface area contributed by atoms with E-state index in [9.17, 15) is 4.79 Å². The summed E-state index contributed by atoms with van der Waals surface area (Å²) in [5, 5.41) is 6.77. The molecule has 2 unspecified atom stereocenters. The molecule has 90 valence electrons. The Bertz CT molecular complexity index is 497. The van der Waals surface area contributed by atoms with Gasteiger partial charge in [0, 0.05) is 31.1 Å². The van der Waals surface area contributed by atoms with Crippen LogP contribution in [0.5, 0.6) is 0 Å². The topological polar surface area (TPSA) is 69.8 Å². The largest absolute Gasteiger partial charge is 0.366 e. The molecule has 3 N–H and O–H groups in total. The number of hydrogen-bond acceptors (Lipinski definition) is 4. The first-order chi connectivity index (χ1) is 8.31. The summed E-state index contributed by atoms with van der Waals surface area (Å²) < 4.78 is 0. The van der Waals surface area contributed by atoms with E-state index in [-0.39, 0.29) is 5.56 Å². The zero-order valence-electron chi connectivity index (χ0n) is 9.57. The van der Waals surface area contributed by atoms with E-state index in [1.165, 1.54) is 0 Å². The number of nitrogens with zero attached hydrogens (tertiary/aromatic N) is 1. The third-order valence-corrected chi connectivity index (χ3v) is 4.13. The van der Waals surface area contributed by atoms with Crippen molar-refractivity contribution in [3.63, 3.8) is 0 Å². The summed E-state index contributed by atoms with van der Waals surface area (Å²) in [6, 6.07) is 2.10. The first kappa shape index (κ1) is 9.65. The second-order valence-corrected chi connectivity index (χ2v) is 5.45. The number of hydrogen-bond donors (Lipinski definition) is 3. The van der Waals surface area contributed by atoms with Crippen LogP contribution < -0.4 is 16.2 Å². The molecule has 1 saturated heterocycles. The van der Waals surface area contributed by atoms with Gasteiger partial charge in [-0.2, -0.15) is 0 Å². The zero-order chi connectivity index (χ0) is 11.4. The molecular weight excluding hydrogens is 216 g/mol. The van der Waals surface area contributed by atoms with Crippen LogP contribution in [0.3, 0.4) is 0 Å². The van der Waals surface area contributed by atoms with Crippen LogP contribution in [0.4, 0.5) is 5.82 Å². The lowest BCUT2D eigenvalue weighted by Crippen LogP contribution is -2.23. The molecule has 2 saturated carbocycles. The predicted molar refractivity (Wildman–Crippen MR) is 64.1 cm³/mol. The molecular formula is C12H16N4O. The average Bonchev–Trinajstić information content (AvgIpc) is 3.19. The monoisotopic (exact) mass is 232 g/mol. The highest BCUT2D eigenvalue weighted by Gasteiger charge is 2.53. The number of piperidine rings is 1. The Balaban J connectivity index is 1.55. The summed E-state index contributed by atoms with van der Waals surface area (Å²) in [6.45, 7) is 2.20. The summed E-state index contributed by atoms with van der Waals surface area (Å²) in [6.07, 6.45) is 2.32. The van der Waals surface area contributed by atoms with E-state index in [0.717, 1.165) is 49.4 Å². The van der Waals surface area contributed by atoms with Crippen LogP contribution in [0.2, 0.25) is 0 Å². The number of H-pyrrole nitrogens is 1. The third-order valence-electron chi connectivity index (χ3n) is 4.13. The van der Waals surface area contributed by atoms with Crippen LogP contribution in [0.1, 0.15) is 24.6 Å². The van der Waals surface area contributed by atoms with Gasteiger partial charge in [0.05, 0.1) is 0 Å². The Morgan fingerprint density at radius 2 is 2.06 bits per heavy atom. The molecule has 1 aromatic heterocycles. The van der Waals surface area contributed by atoms with Gasteiger partial charge in [-0.15, -0.1) is 0 Å². The minimum absolute atomic E-state index is 0.0339. The number of aromatic nitrogens is 2. The summed E-state index contributed by atoms with van der Waals surface area (Å²) >= 11 is 0. The number of fused-ring (bicyclic) bond motifs is 1. The Labute approximate surface area is 99.0 Å². The van der Waals surface area contributed by atoms with Crippen LogP contribution >= 0.6 is 0 Å². The van der Waals surface area contributed by atoms with Gasteiger partial charge in [0.15, 0.2) is 0 Å². The lowest BCUT2D eigenvalue weighted by Gasteiger charge is -2.08. The maximum absolute atomic E-state index is 11.5. The fourth-order valence-corrected chi connectivity index (χ4v) is 2.90. The van der Waals surface area contributed by atoms with Crippen LogP contribution in [-0.2, 0) is 0 Å². The molecule has 0 amide bonds. The molecule has 1 aliphatic heterocycles. The summed E-state index contributed by atoms with van der Waals surface area (Å²) in [4.78, 5) is 18.9. The smallest absolute Gasteiger partial charge is 0.252 e. The SMILES string of the molecule is O=c1cc(NC2C3CNCC32)nc(C2CC2)[nH]1. The van der Waals surface area contributed by atoms with Crippen LogP contribution in [0.25, 0.3) is 0 Å². The maximum atomic E-state index is 11.5. The van der Waals surface area contributed by atoms with Gasteiger partial charge < -0.3 is 15.6 Å². The summed E-state index contributed by atoms with van der Waals surface area (Å²) in [7, 11) is 0. The lowest BCUT2D eigenvalue weighted by molar-refractivity contribution is 0.694. The standard InChI is InChI=1S/C12H16N4O/c17-10-3-9(15-12(16-10)6-1-2-6)14-11-7-4-13-5-8(7)11/h3,6-8,11,13H,1-2,4-5H2,(H2,14,15,16,17). The van der Waals surface area contributed by atoms with E-state index >= 15 is 0 Å². The third kappa shape index (κ3) is 1.65. The van der Waals surface area contributed by atoms with Gasteiger partial charge in [-0.25, -0.2) is 4.98 Å². The lowest BCUT2D eigenvalue weighted by atomic mass is 10.3. The van der Waals surface area contributed by atoms with Crippen LogP contribution in [-0.4, -0.2) is 29.1 Å². The Morgan fingerprint density at radius 3 is 2.76 bits per heavy atom.